The van der Waals surface area contributed by atoms with Crippen LogP contribution in [0.5, 0.6) is 0 Å². The highest BCUT2D eigenvalue weighted by atomic mass is 16.2. The van der Waals surface area contributed by atoms with Gasteiger partial charge >= 0.3 is 6.03 Å². The zero-order valence-electron chi connectivity index (χ0n) is 17.5. The fourth-order valence-electron chi connectivity index (χ4n) is 4.39. The van der Waals surface area contributed by atoms with E-state index in [4.69, 9.17) is 0 Å². The first kappa shape index (κ1) is 21.1. The number of likely N-dealkylation sites (tertiary alicyclic amines) is 2. The molecule has 5 heteroatoms. The number of carbonyl (C=O) groups is 1. The highest BCUT2D eigenvalue weighted by molar-refractivity contribution is 5.73. The average Bonchev–Trinajstić information content (AvgIpc) is 3.25. The molecule has 0 aliphatic carbocycles. The summed E-state index contributed by atoms with van der Waals surface area (Å²) in [6, 6.07) is 10.8. The molecule has 2 fully saturated rings. The van der Waals surface area contributed by atoms with Crippen molar-refractivity contribution in [2.45, 2.75) is 51.5 Å². The second-order valence-electron chi connectivity index (χ2n) is 8.54. The smallest absolute Gasteiger partial charge is 0.314 e. The number of amides is 2. The topological polar surface area (TPSA) is 47.6 Å². The Labute approximate surface area is 170 Å². The van der Waals surface area contributed by atoms with Gasteiger partial charge in [0.2, 0.25) is 0 Å². The number of hydrogen-bond acceptors (Lipinski definition) is 3. The Kier molecular flexibility index (Phi) is 8.62. The van der Waals surface area contributed by atoms with Crippen LogP contribution in [0.2, 0.25) is 0 Å². The van der Waals surface area contributed by atoms with Crippen molar-refractivity contribution in [3.63, 3.8) is 0 Å². The molecule has 0 aromatic heterocycles. The summed E-state index contributed by atoms with van der Waals surface area (Å²) in [6.07, 6.45) is 7.39. The summed E-state index contributed by atoms with van der Waals surface area (Å²) in [5.41, 5.74) is 1.29. The SMILES string of the molecule is CC1CCN(CCCCNC(=O)NCC(c2ccccc2)N2CCCC2)CC1. The molecule has 2 amide bonds. The Bertz CT molecular complexity index is 565. The number of urea groups is 1. The predicted octanol–water partition coefficient (Wildman–Crippen LogP) is 3.63. The lowest BCUT2D eigenvalue weighted by molar-refractivity contribution is 0.189. The molecule has 2 N–H and O–H groups in total. The first-order valence-corrected chi connectivity index (χ1v) is 11.3. The maximum Gasteiger partial charge on any atom is 0.314 e. The van der Waals surface area contributed by atoms with E-state index < -0.39 is 0 Å². The maximum absolute atomic E-state index is 12.2. The number of unbranched alkanes of at least 4 members (excludes halogenated alkanes) is 1. The molecule has 0 saturated carbocycles. The molecule has 1 atom stereocenters. The monoisotopic (exact) mass is 386 g/mol. The van der Waals surface area contributed by atoms with Crippen LogP contribution in [-0.4, -0.2) is 61.6 Å². The van der Waals surface area contributed by atoms with Crippen LogP contribution in [0.1, 0.15) is 57.1 Å². The number of rotatable bonds is 9. The van der Waals surface area contributed by atoms with Crippen molar-refractivity contribution in [1.82, 2.24) is 20.4 Å². The molecule has 2 saturated heterocycles. The molecule has 1 aromatic rings. The van der Waals surface area contributed by atoms with Crippen LogP contribution < -0.4 is 10.6 Å². The van der Waals surface area contributed by atoms with Gasteiger partial charge in [-0.1, -0.05) is 37.3 Å². The number of carbonyl (C=O) groups excluding carboxylic acids is 1. The zero-order valence-corrected chi connectivity index (χ0v) is 17.5. The normalized spacial score (nSPS) is 20.2. The first-order valence-electron chi connectivity index (χ1n) is 11.3. The summed E-state index contributed by atoms with van der Waals surface area (Å²) in [5.74, 6) is 0.891. The minimum Gasteiger partial charge on any atom is -0.338 e. The van der Waals surface area contributed by atoms with Crippen LogP contribution in [0.3, 0.4) is 0 Å². The van der Waals surface area contributed by atoms with Gasteiger partial charge in [-0.3, -0.25) is 4.90 Å². The van der Waals surface area contributed by atoms with E-state index in [0.29, 0.717) is 6.54 Å². The molecule has 2 heterocycles. The third-order valence-corrected chi connectivity index (χ3v) is 6.28. The standard InChI is InChI=1S/C23H38N4O/c1-20-11-17-26(18-12-20)14-6-5-13-24-23(28)25-19-22(27-15-7-8-16-27)21-9-3-2-4-10-21/h2-4,9-10,20,22H,5-8,11-19H2,1H3,(H2,24,25,28). The molecular weight excluding hydrogens is 348 g/mol. The summed E-state index contributed by atoms with van der Waals surface area (Å²) in [6.45, 7) is 9.68. The average molecular weight is 387 g/mol. The van der Waals surface area contributed by atoms with E-state index in [1.807, 2.05) is 0 Å². The van der Waals surface area contributed by atoms with E-state index in [1.165, 1.54) is 50.9 Å². The summed E-state index contributed by atoms with van der Waals surface area (Å²) in [7, 11) is 0. The quantitative estimate of drug-likeness (QED) is 0.637. The lowest BCUT2D eigenvalue weighted by Gasteiger charge is -2.30. The summed E-state index contributed by atoms with van der Waals surface area (Å²) < 4.78 is 0. The van der Waals surface area contributed by atoms with Gasteiger partial charge in [0.1, 0.15) is 0 Å². The molecule has 5 nitrogen and oxygen atoms in total. The molecule has 0 bridgehead atoms. The van der Waals surface area contributed by atoms with Crippen LogP contribution in [0.4, 0.5) is 4.79 Å². The molecular formula is C23H38N4O. The summed E-state index contributed by atoms with van der Waals surface area (Å²) >= 11 is 0. The fraction of sp³-hybridized carbons (Fsp3) is 0.696. The number of nitrogens with zero attached hydrogens (tertiary/aromatic N) is 2. The largest absolute Gasteiger partial charge is 0.338 e. The minimum atomic E-state index is -0.0353. The van der Waals surface area contributed by atoms with Crippen LogP contribution in [-0.2, 0) is 0 Å². The lowest BCUT2D eigenvalue weighted by Crippen LogP contribution is -2.42. The van der Waals surface area contributed by atoms with Gasteiger partial charge in [-0.25, -0.2) is 4.79 Å². The Balaban J connectivity index is 1.32. The van der Waals surface area contributed by atoms with E-state index in [0.717, 1.165) is 38.4 Å². The third kappa shape index (κ3) is 6.78. The molecule has 0 spiro atoms. The van der Waals surface area contributed by atoms with Crippen LogP contribution in [0.15, 0.2) is 30.3 Å². The number of benzene rings is 1. The van der Waals surface area contributed by atoms with Crippen LogP contribution in [0.25, 0.3) is 0 Å². The Morgan fingerprint density at radius 2 is 1.75 bits per heavy atom. The minimum absolute atomic E-state index is 0.0353. The van der Waals surface area contributed by atoms with E-state index in [-0.39, 0.29) is 12.1 Å². The van der Waals surface area contributed by atoms with Gasteiger partial charge in [0.25, 0.3) is 0 Å². The van der Waals surface area contributed by atoms with E-state index in [1.54, 1.807) is 0 Å². The highest BCUT2D eigenvalue weighted by Gasteiger charge is 2.23. The second kappa shape index (κ2) is 11.4. The molecule has 1 unspecified atom stereocenters. The zero-order chi connectivity index (χ0) is 19.6. The Morgan fingerprint density at radius 1 is 1.04 bits per heavy atom. The fourth-order valence-corrected chi connectivity index (χ4v) is 4.39. The van der Waals surface area contributed by atoms with Gasteiger partial charge in [0.15, 0.2) is 0 Å². The van der Waals surface area contributed by atoms with Gasteiger partial charge in [-0.2, -0.15) is 0 Å². The van der Waals surface area contributed by atoms with Crippen molar-refractivity contribution in [3.05, 3.63) is 35.9 Å². The predicted molar refractivity (Wildman–Crippen MR) is 115 cm³/mol. The second-order valence-corrected chi connectivity index (χ2v) is 8.54. The van der Waals surface area contributed by atoms with Gasteiger partial charge in [0, 0.05) is 13.1 Å². The van der Waals surface area contributed by atoms with E-state index in [9.17, 15) is 4.79 Å². The van der Waals surface area contributed by atoms with Crippen molar-refractivity contribution in [2.24, 2.45) is 5.92 Å². The molecule has 2 aliphatic heterocycles. The van der Waals surface area contributed by atoms with Gasteiger partial charge in [-0.05, 0) is 82.7 Å². The van der Waals surface area contributed by atoms with Crippen molar-refractivity contribution in [2.75, 3.05) is 45.8 Å². The van der Waals surface area contributed by atoms with Crippen molar-refractivity contribution in [3.8, 4) is 0 Å². The van der Waals surface area contributed by atoms with E-state index in [2.05, 4.69) is 57.7 Å². The summed E-state index contributed by atoms with van der Waals surface area (Å²) in [5, 5.41) is 6.14. The van der Waals surface area contributed by atoms with Crippen molar-refractivity contribution < 1.29 is 4.79 Å². The highest BCUT2D eigenvalue weighted by Crippen LogP contribution is 2.24. The van der Waals surface area contributed by atoms with Gasteiger partial charge < -0.3 is 15.5 Å². The molecule has 28 heavy (non-hydrogen) atoms. The lowest BCUT2D eigenvalue weighted by atomic mass is 9.99. The van der Waals surface area contributed by atoms with Crippen LogP contribution in [0, 0.1) is 5.92 Å². The first-order chi connectivity index (χ1) is 13.7. The number of nitrogens with one attached hydrogen (secondary N) is 2. The number of piperidine rings is 1. The third-order valence-electron chi connectivity index (χ3n) is 6.28. The van der Waals surface area contributed by atoms with Crippen LogP contribution >= 0.6 is 0 Å². The Hall–Kier alpha value is -1.59. The van der Waals surface area contributed by atoms with Crippen molar-refractivity contribution in [1.29, 1.82) is 0 Å². The molecule has 1 aromatic carbocycles. The molecule has 2 aliphatic rings. The molecule has 156 valence electrons. The summed E-state index contributed by atoms with van der Waals surface area (Å²) in [4.78, 5) is 17.3. The van der Waals surface area contributed by atoms with Gasteiger partial charge in [0.05, 0.1) is 6.04 Å². The van der Waals surface area contributed by atoms with Gasteiger partial charge in [-0.15, -0.1) is 0 Å². The molecule has 0 radical (unpaired) electrons. The van der Waals surface area contributed by atoms with Crippen molar-refractivity contribution >= 4 is 6.03 Å². The Morgan fingerprint density at radius 3 is 2.46 bits per heavy atom. The molecule has 3 rings (SSSR count). The van der Waals surface area contributed by atoms with E-state index >= 15 is 0 Å². The number of hydrogen-bond donors (Lipinski definition) is 2. The maximum atomic E-state index is 12.2.